The van der Waals surface area contributed by atoms with Gasteiger partial charge in [0.25, 0.3) is 5.56 Å². The van der Waals surface area contributed by atoms with Crippen molar-refractivity contribution in [3.05, 3.63) is 109 Å². The van der Waals surface area contributed by atoms with Crippen LogP contribution in [-0.4, -0.2) is 38.7 Å². The van der Waals surface area contributed by atoms with E-state index in [1.165, 1.54) is 4.68 Å². The number of halogens is 2. The van der Waals surface area contributed by atoms with E-state index in [-0.39, 0.29) is 5.56 Å². The Labute approximate surface area is 239 Å². The molecule has 0 fully saturated rings. The summed E-state index contributed by atoms with van der Waals surface area (Å²) < 4.78 is 9.76. The maximum absolute atomic E-state index is 12.3. The summed E-state index contributed by atoms with van der Waals surface area (Å²) in [6.07, 6.45) is 10.8. The minimum absolute atomic E-state index is 0.104. The second-order valence-electron chi connectivity index (χ2n) is 8.59. The zero-order chi connectivity index (χ0) is 26.8. The molecule has 12 heteroatoms. The lowest BCUT2D eigenvalue weighted by molar-refractivity contribution is 0.603. The number of hydrogen-bond donors (Lipinski definition) is 0. The Hall–Kier alpha value is -3.48. The molecule has 0 unspecified atom stereocenters. The van der Waals surface area contributed by atoms with Crippen LogP contribution < -0.4 is 5.56 Å². The number of aryl methyl sites for hydroxylation is 2. The van der Waals surface area contributed by atoms with Crippen LogP contribution in [0.5, 0.6) is 0 Å². The number of rotatable bonds is 4. The van der Waals surface area contributed by atoms with Crippen molar-refractivity contribution in [3.8, 4) is 0 Å². The molecule has 0 bridgehead atoms. The van der Waals surface area contributed by atoms with Crippen molar-refractivity contribution in [2.75, 3.05) is 0 Å². The summed E-state index contributed by atoms with van der Waals surface area (Å²) in [5.41, 5.74) is -0.104. The molecule has 0 aliphatic heterocycles. The summed E-state index contributed by atoms with van der Waals surface area (Å²) in [6.45, 7) is 0.947. The van der Waals surface area contributed by atoms with Gasteiger partial charge in [-0.25, -0.2) is 19.3 Å². The zero-order valence-electron chi connectivity index (χ0n) is 20.5. The van der Waals surface area contributed by atoms with E-state index in [4.69, 9.17) is 12.2 Å². The van der Waals surface area contributed by atoms with Crippen molar-refractivity contribution < 1.29 is 0 Å². The summed E-state index contributed by atoms with van der Waals surface area (Å²) in [5, 5.41) is 12.2. The lowest BCUT2D eigenvalue weighted by Crippen LogP contribution is -2.24. The van der Waals surface area contributed by atoms with E-state index in [9.17, 15) is 4.79 Å². The molecule has 0 spiro atoms. The molecule has 0 amide bonds. The molecule has 0 aliphatic carbocycles. The van der Waals surface area contributed by atoms with Gasteiger partial charge in [-0.15, -0.1) is 0 Å². The third kappa shape index (κ3) is 5.52. The second kappa shape index (κ2) is 11.1. The molecule has 9 nitrogen and oxygen atoms in total. The molecule has 6 aromatic rings. The molecule has 38 heavy (non-hydrogen) atoms. The highest BCUT2D eigenvalue weighted by Crippen LogP contribution is 2.20. The van der Waals surface area contributed by atoms with Crippen LogP contribution in [0, 0.1) is 4.64 Å². The largest absolute Gasteiger partial charge is 0.336 e. The topological polar surface area (TPSA) is 88.4 Å². The van der Waals surface area contributed by atoms with Gasteiger partial charge in [0.2, 0.25) is 0 Å². The van der Waals surface area contributed by atoms with Crippen LogP contribution in [0.3, 0.4) is 0 Å². The van der Waals surface area contributed by atoms with Crippen molar-refractivity contribution in [3.63, 3.8) is 0 Å². The number of benzene rings is 2. The van der Waals surface area contributed by atoms with E-state index in [2.05, 4.69) is 52.0 Å². The minimum Gasteiger partial charge on any atom is -0.336 e. The first-order valence-corrected chi connectivity index (χ1v) is 13.5. The molecule has 6 rings (SSSR count). The van der Waals surface area contributed by atoms with E-state index in [1.807, 2.05) is 72.2 Å². The predicted molar refractivity (Wildman–Crippen MR) is 157 cm³/mol. The third-order valence-corrected chi connectivity index (χ3v) is 7.47. The molecule has 0 saturated carbocycles. The number of aromatic nitrogens is 8. The van der Waals surface area contributed by atoms with Crippen molar-refractivity contribution in [2.45, 2.75) is 13.1 Å². The first-order chi connectivity index (χ1) is 18.3. The molecule has 0 radical (unpaired) electrons. The minimum atomic E-state index is -0.104. The fraction of sp³-hybridized carbons (Fsp3) is 0.154. The fourth-order valence-corrected chi connectivity index (χ4v) is 4.96. The van der Waals surface area contributed by atoms with E-state index >= 15 is 0 Å². The maximum atomic E-state index is 12.3. The van der Waals surface area contributed by atoms with Crippen molar-refractivity contribution in [1.29, 1.82) is 0 Å². The number of fused-ring (bicyclic) bond motifs is 2. The van der Waals surface area contributed by atoms with Gasteiger partial charge in [0.1, 0.15) is 29.4 Å². The van der Waals surface area contributed by atoms with E-state index in [1.54, 1.807) is 29.3 Å². The lowest BCUT2D eigenvalue weighted by Gasteiger charge is -2.08. The number of nitrogens with zero attached hydrogens (tertiary/aromatic N) is 8. The SMILES string of the molecule is Cn1ccnc1Cn1ncc2cc(Br)ccc2c1=O.Cn1ccnc1Cn1ncc2cc(Br)ccc2c1=S. The molecular weight excluding hydrogens is 632 g/mol. The number of imidazole rings is 2. The molecule has 0 aliphatic rings. The average molecular weight is 654 g/mol. The van der Waals surface area contributed by atoms with E-state index in [0.717, 1.165) is 41.4 Å². The van der Waals surface area contributed by atoms with Gasteiger partial charge in [0.05, 0.1) is 17.8 Å². The Balaban J connectivity index is 0.000000155. The summed E-state index contributed by atoms with van der Waals surface area (Å²) in [6, 6.07) is 11.6. The standard InChI is InChI=1S/C13H11BrN4O.C13H11BrN4S/c2*1-17-5-4-15-12(17)8-18-13(19)11-3-2-10(14)6-9(11)7-16-18/h2*2-7H,8H2,1H3. The molecular formula is C26H22Br2N8OS. The maximum Gasteiger partial charge on any atom is 0.275 e. The Morgan fingerprint density at radius 2 is 1.26 bits per heavy atom. The Bertz CT molecular complexity index is 1750. The van der Waals surface area contributed by atoms with Gasteiger partial charge in [0.15, 0.2) is 0 Å². The highest BCUT2D eigenvalue weighted by atomic mass is 79.9. The van der Waals surface area contributed by atoms with Crippen LogP contribution in [0.4, 0.5) is 0 Å². The van der Waals surface area contributed by atoms with Crippen molar-refractivity contribution in [1.82, 2.24) is 38.7 Å². The molecule has 4 heterocycles. The quantitative estimate of drug-likeness (QED) is 0.242. The van der Waals surface area contributed by atoms with Gasteiger partial charge >= 0.3 is 0 Å². The van der Waals surface area contributed by atoms with Crippen LogP contribution >= 0.6 is 44.1 Å². The van der Waals surface area contributed by atoms with Crippen LogP contribution in [0.2, 0.25) is 0 Å². The summed E-state index contributed by atoms with van der Waals surface area (Å²) in [7, 11) is 3.86. The van der Waals surface area contributed by atoms with Gasteiger partial charge in [-0.3, -0.25) is 4.79 Å². The second-order valence-corrected chi connectivity index (χ2v) is 10.8. The summed E-state index contributed by atoms with van der Waals surface area (Å²) in [4.78, 5) is 20.8. The van der Waals surface area contributed by atoms with E-state index < -0.39 is 0 Å². The fourth-order valence-electron chi connectivity index (χ4n) is 3.91. The van der Waals surface area contributed by atoms with Gasteiger partial charge in [-0.1, -0.05) is 50.1 Å². The summed E-state index contributed by atoms with van der Waals surface area (Å²) >= 11 is 12.3. The predicted octanol–water partition coefficient (Wildman–Crippen LogP) is 5.25. The molecule has 0 N–H and O–H groups in total. The normalized spacial score (nSPS) is 11.1. The Kier molecular flexibility index (Phi) is 7.63. The first-order valence-electron chi connectivity index (χ1n) is 11.5. The van der Waals surface area contributed by atoms with Crippen LogP contribution in [0.25, 0.3) is 21.5 Å². The monoisotopic (exact) mass is 652 g/mol. The molecule has 0 atom stereocenters. The third-order valence-electron chi connectivity index (χ3n) is 6.05. The highest BCUT2D eigenvalue weighted by Gasteiger charge is 2.08. The first kappa shape index (κ1) is 26.1. The van der Waals surface area contributed by atoms with Crippen LogP contribution in [-0.2, 0) is 27.2 Å². The van der Waals surface area contributed by atoms with Gasteiger partial charge in [-0.2, -0.15) is 10.2 Å². The highest BCUT2D eigenvalue weighted by molar-refractivity contribution is 9.10. The molecule has 0 saturated heterocycles. The van der Waals surface area contributed by atoms with Gasteiger partial charge in [-0.05, 0) is 30.3 Å². The lowest BCUT2D eigenvalue weighted by atomic mass is 10.2. The van der Waals surface area contributed by atoms with E-state index in [0.29, 0.717) is 18.5 Å². The van der Waals surface area contributed by atoms with Gasteiger partial charge < -0.3 is 9.13 Å². The number of hydrogen-bond acceptors (Lipinski definition) is 6. The Morgan fingerprint density at radius 3 is 1.82 bits per heavy atom. The smallest absolute Gasteiger partial charge is 0.275 e. The summed E-state index contributed by atoms with van der Waals surface area (Å²) in [5.74, 6) is 1.73. The molecule has 2 aromatic carbocycles. The average Bonchev–Trinajstić information content (AvgIpc) is 3.50. The Morgan fingerprint density at radius 1 is 0.763 bits per heavy atom. The zero-order valence-corrected chi connectivity index (χ0v) is 24.5. The van der Waals surface area contributed by atoms with Crippen LogP contribution in [0.15, 0.2) is 87.3 Å². The van der Waals surface area contributed by atoms with Crippen molar-refractivity contribution >= 4 is 65.6 Å². The van der Waals surface area contributed by atoms with Crippen molar-refractivity contribution in [2.24, 2.45) is 14.1 Å². The van der Waals surface area contributed by atoms with Crippen LogP contribution in [0.1, 0.15) is 11.6 Å². The van der Waals surface area contributed by atoms with Gasteiger partial charge in [0, 0.05) is 64.0 Å². The molecule has 192 valence electrons. The molecule has 4 aromatic heterocycles.